The summed E-state index contributed by atoms with van der Waals surface area (Å²) in [7, 11) is 0. The Morgan fingerprint density at radius 3 is 2.54 bits per heavy atom. The van der Waals surface area contributed by atoms with E-state index >= 15 is 0 Å². The fourth-order valence-electron chi connectivity index (χ4n) is 2.03. The molecule has 0 fully saturated rings. The zero-order chi connectivity index (χ0) is 17.4. The lowest BCUT2D eigenvalue weighted by molar-refractivity contribution is 0.251. The van der Waals surface area contributed by atoms with Crippen molar-refractivity contribution in [3.05, 3.63) is 54.1 Å². The summed E-state index contributed by atoms with van der Waals surface area (Å²) in [4.78, 5) is 11.8. The van der Waals surface area contributed by atoms with Crippen molar-refractivity contribution in [2.45, 2.75) is 20.3 Å². The van der Waals surface area contributed by atoms with Crippen molar-refractivity contribution < 1.29 is 9.53 Å². The molecule has 2 rings (SSSR count). The molecule has 0 saturated carbocycles. The molecule has 0 bridgehead atoms. The quantitative estimate of drug-likeness (QED) is 0.821. The summed E-state index contributed by atoms with van der Waals surface area (Å²) in [5.41, 5.74) is 1.15. The maximum Gasteiger partial charge on any atom is 0.319 e. The normalized spacial score (nSPS) is 10.1. The smallest absolute Gasteiger partial charge is 0.319 e. The number of ether oxygens (including phenoxy) is 1. The molecule has 2 aromatic carbocycles. The van der Waals surface area contributed by atoms with Crippen molar-refractivity contribution in [1.82, 2.24) is 5.32 Å². The molecule has 0 aliphatic carbocycles. The van der Waals surface area contributed by atoms with Gasteiger partial charge in [0, 0.05) is 12.2 Å². The minimum Gasteiger partial charge on any atom is -0.456 e. The van der Waals surface area contributed by atoms with E-state index in [2.05, 4.69) is 30.6 Å². The molecule has 124 valence electrons. The zero-order valence-electron chi connectivity index (χ0n) is 13.9. The Balaban J connectivity index is 1.91. The van der Waals surface area contributed by atoms with Crippen LogP contribution in [-0.2, 0) is 0 Å². The standard InChI is InChI=1S/C19H21N3O2/c1-14(2)11-12-21-19(23)22-16-7-9-17(10-8-16)24-18-6-4-3-5-15(18)13-20/h3-10,14H,11-12H2,1-2H3,(H2,21,22,23). The Bertz CT molecular complexity index is 718. The number of carbonyl (C=O) groups excluding carboxylic acids is 1. The van der Waals surface area contributed by atoms with Gasteiger partial charge in [0.1, 0.15) is 17.6 Å². The highest BCUT2D eigenvalue weighted by molar-refractivity contribution is 5.89. The van der Waals surface area contributed by atoms with Crippen LogP contribution in [0.2, 0.25) is 0 Å². The lowest BCUT2D eigenvalue weighted by atomic mass is 10.1. The van der Waals surface area contributed by atoms with Crippen molar-refractivity contribution in [2.75, 3.05) is 11.9 Å². The number of nitrogens with zero attached hydrogens (tertiary/aromatic N) is 1. The van der Waals surface area contributed by atoms with Crippen LogP contribution in [0.4, 0.5) is 10.5 Å². The first-order valence-electron chi connectivity index (χ1n) is 7.90. The highest BCUT2D eigenvalue weighted by atomic mass is 16.5. The van der Waals surface area contributed by atoms with Gasteiger partial charge in [-0.1, -0.05) is 26.0 Å². The second kappa shape index (κ2) is 8.59. The predicted molar refractivity (Wildman–Crippen MR) is 94.1 cm³/mol. The van der Waals surface area contributed by atoms with E-state index in [-0.39, 0.29) is 6.03 Å². The van der Waals surface area contributed by atoms with Crippen LogP contribution in [0, 0.1) is 17.2 Å². The SMILES string of the molecule is CC(C)CCNC(=O)Nc1ccc(Oc2ccccc2C#N)cc1. The average Bonchev–Trinajstić information content (AvgIpc) is 2.57. The number of rotatable bonds is 6. The summed E-state index contributed by atoms with van der Waals surface area (Å²) >= 11 is 0. The predicted octanol–water partition coefficient (Wildman–Crippen LogP) is 4.52. The minimum atomic E-state index is -0.223. The molecule has 2 amide bonds. The maximum absolute atomic E-state index is 11.8. The van der Waals surface area contributed by atoms with Crippen LogP contribution in [-0.4, -0.2) is 12.6 Å². The van der Waals surface area contributed by atoms with E-state index in [4.69, 9.17) is 10.00 Å². The Morgan fingerprint density at radius 2 is 1.88 bits per heavy atom. The van der Waals surface area contributed by atoms with Gasteiger partial charge in [0.25, 0.3) is 0 Å². The van der Waals surface area contributed by atoms with Gasteiger partial charge >= 0.3 is 6.03 Å². The van der Waals surface area contributed by atoms with Gasteiger partial charge in [-0.25, -0.2) is 4.79 Å². The summed E-state index contributed by atoms with van der Waals surface area (Å²) in [5, 5.41) is 14.6. The molecule has 0 aliphatic heterocycles. The third kappa shape index (κ3) is 5.33. The van der Waals surface area contributed by atoms with Crippen molar-refractivity contribution in [3.8, 4) is 17.6 Å². The zero-order valence-corrected chi connectivity index (χ0v) is 13.9. The summed E-state index contributed by atoms with van der Waals surface area (Å²) in [6.45, 7) is 4.88. The summed E-state index contributed by atoms with van der Waals surface area (Å²) in [5.74, 6) is 1.66. The van der Waals surface area contributed by atoms with E-state index in [1.807, 2.05) is 6.07 Å². The van der Waals surface area contributed by atoms with Gasteiger partial charge in [-0.3, -0.25) is 0 Å². The fourth-order valence-corrected chi connectivity index (χ4v) is 2.03. The Morgan fingerprint density at radius 1 is 1.17 bits per heavy atom. The van der Waals surface area contributed by atoms with E-state index in [1.165, 1.54) is 0 Å². The third-order valence-electron chi connectivity index (χ3n) is 3.35. The molecule has 2 N–H and O–H groups in total. The minimum absolute atomic E-state index is 0.223. The number of amides is 2. The van der Waals surface area contributed by atoms with Crippen molar-refractivity contribution in [1.29, 1.82) is 5.26 Å². The number of hydrogen-bond acceptors (Lipinski definition) is 3. The van der Waals surface area contributed by atoms with E-state index < -0.39 is 0 Å². The summed E-state index contributed by atoms with van der Waals surface area (Å²) in [6, 6.07) is 15.9. The number of benzene rings is 2. The van der Waals surface area contributed by atoms with Gasteiger partial charge in [-0.05, 0) is 48.7 Å². The average molecular weight is 323 g/mol. The molecular weight excluding hydrogens is 302 g/mol. The fraction of sp³-hybridized carbons (Fsp3) is 0.263. The first-order chi connectivity index (χ1) is 11.6. The number of para-hydroxylation sites is 1. The van der Waals surface area contributed by atoms with Gasteiger partial charge in [0.05, 0.1) is 5.56 Å². The van der Waals surface area contributed by atoms with Crippen LogP contribution >= 0.6 is 0 Å². The van der Waals surface area contributed by atoms with Crippen LogP contribution in [0.3, 0.4) is 0 Å². The highest BCUT2D eigenvalue weighted by Gasteiger charge is 2.05. The number of nitriles is 1. The van der Waals surface area contributed by atoms with Gasteiger partial charge in [0.2, 0.25) is 0 Å². The molecule has 5 nitrogen and oxygen atoms in total. The number of anilines is 1. The van der Waals surface area contributed by atoms with Gasteiger partial charge in [0.15, 0.2) is 0 Å². The largest absolute Gasteiger partial charge is 0.456 e. The molecule has 0 saturated heterocycles. The van der Waals surface area contributed by atoms with Gasteiger partial charge in [-0.15, -0.1) is 0 Å². The number of urea groups is 1. The van der Waals surface area contributed by atoms with Crippen LogP contribution in [0.5, 0.6) is 11.5 Å². The highest BCUT2D eigenvalue weighted by Crippen LogP contribution is 2.25. The number of nitrogens with one attached hydrogen (secondary N) is 2. The summed E-state index contributed by atoms with van der Waals surface area (Å²) < 4.78 is 5.70. The van der Waals surface area contributed by atoms with Crippen molar-refractivity contribution >= 4 is 11.7 Å². The monoisotopic (exact) mass is 323 g/mol. The van der Waals surface area contributed by atoms with Gasteiger partial charge in [-0.2, -0.15) is 5.26 Å². The number of carbonyl (C=O) groups is 1. The molecule has 0 aliphatic rings. The molecule has 0 radical (unpaired) electrons. The molecule has 0 atom stereocenters. The van der Waals surface area contributed by atoms with E-state index in [1.54, 1.807) is 42.5 Å². The second-order valence-corrected chi connectivity index (χ2v) is 5.80. The van der Waals surface area contributed by atoms with Crippen LogP contribution in [0.15, 0.2) is 48.5 Å². The lowest BCUT2D eigenvalue weighted by Gasteiger charge is -2.10. The molecule has 0 unspecified atom stereocenters. The molecular formula is C19H21N3O2. The van der Waals surface area contributed by atoms with Crippen LogP contribution in [0.1, 0.15) is 25.8 Å². The van der Waals surface area contributed by atoms with E-state index in [9.17, 15) is 4.79 Å². The molecule has 0 spiro atoms. The van der Waals surface area contributed by atoms with Crippen molar-refractivity contribution in [2.24, 2.45) is 5.92 Å². The second-order valence-electron chi connectivity index (χ2n) is 5.80. The molecule has 2 aromatic rings. The van der Waals surface area contributed by atoms with E-state index in [0.717, 1.165) is 6.42 Å². The molecule has 24 heavy (non-hydrogen) atoms. The summed E-state index contributed by atoms with van der Waals surface area (Å²) in [6.07, 6.45) is 0.943. The molecule has 0 aromatic heterocycles. The maximum atomic E-state index is 11.8. The lowest BCUT2D eigenvalue weighted by Crippen LogP contribution is -2.30. The van der Waals surface area contributed by atoms with Crippen LogP contribution < -0.4 is 15.4 Å². The Kier molecular flexibility index (Phi) is 6.21. The topological polar surface area (TPSA) is 74.2 Å². The first kappa shape index (κ1) is 17.4. The molecule has 5 heteroatoms. The third-order valence-corrected chi connectivity index (χ3v) is 3.35. The van der Waals surface area contributed by atoms with Crippen molar-refractivity contribution in [3.63, 3.8) is 0 Å². The Labute approximate surface area is 142 Å². The first-order valence-corrected chi connectivity index (χ1v) is 7.90. The van der Waals surface area contributed by atoms with Gasteiger partial charge < -0.3 is 15.4 Å². The Hall–Kier alpha value is -3.00. The van der Waals surface area contributed by atoms with Crippen LogP contribution in [0.25, 0.3) is 0 Å². The van der Waals surface area contributed by atoms with E-state index in [0.29, 0.717) is 35.2 Å². The number of hydrogen-bond donors (Lipinski definition) is 2. The molecule has 0 heterocycles.